The minimum Gasteiger partial charge on any atom is -0.493 e. The lowest BCUT2D eigenvalue weighted by molar-refractivity contribution is -0.141. The van der Waals surface area contributed by atoms with E-state index in [0.29, 0.717) is 5.76 Å². The van der Waals surface area contributed by atoms with Gasteiger partial charge in [-0.2, -0.15) is 0 Å². The predicted molar refractivity (Wildman–Crippen MR) is 185 cm³/mol. The summed E-state index contributed by atoms with van der Waals surface area (Å²) in [4.78, 5) is 43.0. The minimum absolute atomic E-state index is 0.112. The summed E-state index contributed by atoms with van der Waals surface area (Å²) < 4.78 is 16.6. The van der Waals surface area contributed by atoms with Gasteiger partial charge in [0.1, 0.15) is 11.8 Å². The number of nitrogens with zero attached hydrogens (tertiary/aromatic N) is 1. The molecular formula is C35H46N2O6Si2. The van der Waals surface area contributed by atoms with Crippen molar-refractivity contribution in [2.45, 2.75) is 73.0 Å². The lowest BCUT2D eigenvalue weighted by atomic mass is 9.97. The lowest BCUT2D eigenvalue weighted by Gasteiger charge is -2.21. The van der Waals surface area contributed by atoms with Crippen LogP contribution in [0.3, 0.4) is 0 Å². The van der Waals surface area contributed by atoms with Crippen LogP contribution in [0, 0.1) is 5.92 Å². The first kappa shape index (κ1) is 35.5. The standard InChI is InChI=1S/C35H46N2O6Si2/c1-22(2)34(39)43-32-29(41-5)20-21-36-31(32)33(38)37-23(3)35(40)42-24(4)30(25-12-16-27(17-13-25)44(6,7)8)26-14-18-28(19-15-26)45(9,10)11/h12-23H,1-11H3,(H,37,38)/t23-/m0/s1. The Morgan fingerprint density at radius 3 is 1.67 bits per heavy atom. The van der Waals surface area contributed by atoms with Gasteiger partial charge in [-0.25, -0.2) is 9.78 Å². The van der Waals surface area contributed by atoms with Gasteiger partial charge in [0.25, 0.3) is 5.91 Å². The number of carbonyl (C=O) groups excluding carboxylic acids is 3. The number of hydrogen-bond acceptors (Lipinski definition) is 7. The van der Waals surface area contributed by atoms with E-state index in [1.165, 1.54) is 36.7 Å². The number of aromatic nitrogens is 1. The number of pyridine rings is 1. The Morgan fingerprint density at radius 2 is 1.24 bits per heavy atom. The summed E-state index contributed by atoms with van der Waals surface area (Å²) in [6.07, 6.45) is 1.36. The lowest BCUT2D eigenvalue weighted by Crippen LogP contribution is -2.40. The van der Waals surface area contributed by atoms with Crippen LogP contribution in [0.2, 0.25) is 39.3 Å². The first-order valence-electron chi connectivity index (χ1n) is 15.1. The molecule has 0 spiro atoms. The number of allylic oxidation sites excluding steroid dienone is 1. The summed E-state index contributed by atoms with van der Waals surface area (Å²) in [6, 6.07) is 17.4. The van der Waals surface area contributed by atoms with E-state index in [-0.39, 0.29) is 17.2 Å². The van der Waals surface area contributed by atoms with Crippen LogP contribution < -0.4 is 25.2 Å². The first-order chi connectivity index (χ1) is 20.9. The van der Waals surface area contributed by atoms with Gasteiger partial charge < -0.3 is 19.5 Å². The normalized spacial score (nSPS) is 12.3. The average Bonchev–Trinajstić information content (AvgIpc) is 2.96. The molecule has 10 heteroatoms. The van der Waals surface area contributed by atoms with E-state index in [0.717, 1.165) is 16.7 Å². The van der Waals surface area contributed by atoms with Gasteiger partial charge in [-0.1, -0.05) is 112 Å². The summed E-state index contributed by atoms with van der Waals surface area (Å²) >= 11 is 0. The van der Waals surface area contributed by atoms with Gasteiger partial charge in [0.15, 0.2) is 11.4 Å². The van der Waals surface area contributed by atoms with Crippen LogP contribution in [-0.4, -0.2) is 52.1 Å². The highest BCUT2D eigenvalue weighted by Crippen LogP contribution is 2.31. The second kappa shape index (κ2) is 14.4. The monoisotopic (exact) mass is 646 g/mol. The van der Waals surface area contributed by atoms with E-state index in [1.54, 1.807) is 20.8 Å². The third-order valence-electron chi connectivity index (χ3n) is 7.36. The van der Waals surface area contributed by atoms with Gasteiger partial charge in [-0.3, -0.25) is 9.59 Å². The smallest absolute Gasteiger partial charge is 0.333 e. The van der Waals surface area contributed by atoms with Gasteiger partial charge >= 0.3 is 11.9 Å². The molecule has 1 aromatic heterocycles. The summed E-state index contributed by atoms with van der Waals surface area (Å²) in [7, 11) is -1.63. The Labute approximate surface area is 269 Å². The third kappa shape index (κ3) is 9.01. The van der Waals surface area contributed by atoms with Crippen molar-refractivity contribution >= 4 is 49.9 Å². The number of rotatable bonds is 11. The van der Waals surface area contributed by atoms with E-state index in [2.05, 4.69) is 98.1 Å². The van der Waals surface area contributed by atoms with Gasteiger partial charge in [-0.05, 0) is 25.0 Å². The van der Waals surface area contributed by atoms with Gasteiger partial charge in [0.05, 0.1) is 29.2 Å². The van der Waals surface area contributed by atoms with Crippen molar-refractivity contribution in [2.24, 2.45) is 5.92 Å². The zero-order valence-corrected chi connectivity index (χ0v) is 30.3. The van der Waals surface area contributed by atoms with Crippen molar-refractivity contribution in [3.05, 3.63) is 83.4 Å². The number of amides is 1. The molecule has 0 radical (unpaired) electrons. The molecule has 1 N–H and O–H groups in total. The van der Waals surface area contributed by atoms with E-state index in [4.69, 9.17) is 14.2 Å². The summed E-state index contributed by atoms with van der Waals surface area (Å²) in [5.74, 6) is -1.89. The van der Waals surface area contributed by atoms with Crippen molar-refractivity contribution in [3.8, 4) is 11.5 Å². The van der Waals surface area contributed by atoms with Crippen LogP contribution in [0.25, 0.3) is 5.57 Å². The van der Waals surface area contributed by atoms with Crippen LogP contribution >= 0.6 is 0 Å². The Hall–Kier alpha value is -4.03. The Kier molecular flexibility index (Phi) is 11.3. The molecule has 240 valence electrons. The topological polar surface area (TPSA) is 104 Å². The molecule has 0 saturated carbocycles. The second-order valence-electron chi connectivity index (χ2n) is 13.5. The second-order valence-corrected chi connectivity index (χ2v) is 23.6. The molecule has 45 heavy (non-hydrogen) atoms. The quantitative estimate of drug-likeness (QED) is 0.158. The van der Waals surface area contributed by atoms with Crippen LogP contribution in [0.5, 0.6) is 11.5 Å². The third-order valence-corrected chi connectivity index (χ3v) is 11.5. The van der Waals surface area contributed by atoms with Gasteiger partial charge in [-0.15, -0.1) is 0 Å². The molecule has 0 fully saturated rings. The first-order valence-corrected chi connectivity index (χ1v) is 22.1. The van der Waals surface area contributed by atoms with Crippen molar-refractivity contribution in [3.63, 3.8) is 0 Å². The van der Waals surface area contributed by atoms with Crippen LogP contribution in [-0.2, 0) is 14.3 Å². The molecule has 1 amide bonds. The number of benzene rings is 2. The highest BCUT2D eigenvalue weighted by Gasteiger charge is 2.27. The minimum atomic E-state index is -1.51. The maximum Gasteiger partial charge on any atom is 0.333 e. The largest absolute Gasteiger partial charge is 0.493 e. The number of ether oxygens (including phenoxy) is 3. The molecule has 0 aliphatic heterocycles. The molecule has 2 aromatic carbocycles. The zero-order valence-electron chi connectivity index (χ0n) is 28.3. The van der Waals surface area contributed by atoms with Gasteiger partial charge in [0.2, 0.25) is 5.75 Å². The zero-order chi connectivity index (χ0) is 33.7. The number of hydrogen-bond donors (Lipinski definition) is 1. The Bertz CT molecular complexity index is 1510. The molecule has 0 aliphatic carbocycles. The van der Waals surface area contributed by atoms with Crippen LogP contribution in [0.1, 0.15) is 49.3 Å². The molecule has 0 unspecified atom stereocenters. The number of methoxy groups -OCH3 is 1. The molecule has 8 nitrogen and oxygen atoms in total. The van der Waals surface area contributed by atoms with E-state index in [1.807, 2.05) is 0 Å². The van der Waals surface area contributed by atoms with E-state index in [9.17, 15) is 14.4 Å². The Morgan fingerprint density at radius 1 is 0.756 bits per heavy atom. The van der Waals surface area contributed by atoms with Crippen molar-refractivity contribution in [1.82, 2.24) is 10.3 Å². The van der Waals surface area contributed by atoms with Crippen molar-refractivity contribution < 1.29 is 28.6 Å². The molecule has 3 aromatic rings. The highest BCUT2D eigenvalue weighted by molar-refractivity contribution is 6.89. The molecular weight excluding hydrogens is 601 g/mol. The fourth-order valence-corrected chi connectivity index (χ4v) is 6.86. The van der Waals surface area contributed by atoms with Crippen LogP contribution in [0.15, 0.2) is 66.6 Å². The number of esters is 2. The number of nitrogens with one attached hydrogen (secondary N) is 1. The average molecular weight is 647 g/mol. The maximum atomic E-state index is 13.3. The van der Waals surface area contributed by atoms with Crippen molar-refractivity contribution in [2.75, 3.05) is 7.11 Å². The maximum absolute atomic E-state index is 13.3. The molecule has 0 aliphatic rings. The van der Waals surface area contributed by atoms with Crippen molar-refractivity contribution in [1.29, 1.82) is 0 Å². The van der Waals surface area contributed by atoms with Crippen LogP contribution in [0.4, 0.5) is 0 Å². The molecule has 1 atom stereocenters. The SMILES string of the molecule is COc1ccnc(C(=O)N[C@@H](C)C(=O)OC(C)=C(c2ccc([Si](C)(C)C)cc2)c2ccc([Si](C)(C)C)cc2)c1OC(=O)C(C)C. The van der Waals surface area contributed by atoms with Gasteiger partial charge in [0, 0.05) is 17.8 Å². The predicted octanol–water partition coefficient (Wildman–Crippen LogP) is 5.88. The fourth-order valence-electron chi connectivity index (χ4n) is 4.53. The number of carbonyl (C=O) groups is 3. The molecule has 0 bridgehead atoms. The molecule has 3 rings (SSSR count). The fraction of sp³-hybridized carbons (Fsp3) is 0.371. The Balaban J connectivity index is 1.93. The molecule has 0 saturated heterocycles. The summed E-state index contributed by atoms with van der Waals surface area (Å²) in [5.41, 5.74) is 2.47. The van der Waals surface area contributed by atoms with E-state index < -0.39 is 46.0 Å². The highest BCUT2D eigenvalue weighted by atomic mass is 28.3. The molecule has 1 heterocycles. The summed E-state index contributed by atoms with van der Waals surface area (Å²) in [5, 5.41) is 5.28. The summed E-state index contributed by atoms with van der Waals surface area (Å²) in [6.45, 7) is 20.4. The van der Waals surface area contributed by atoms with E-state index >= 15 is 0 Å².